The van der Waals surface area contributed by atoms with E-state index in [0.29, 0.717) is 10.5 Å². The molecule has 0 amide bonds. The van der Waals surface area contributed by atoms with Gasteiger partial charge in [0.15, 0.2) is 0 Å². The van der Waals surface area contributed by atoms with Crippen LogP contribution in [0, 0.1) is 0 Å². The predicted octanol–water partition coefficient (Wildman–Crippen LogP) is 4.46. The van der Waals surface area contributed by atoms with Crippen molar-refractivity contribution in [2.75, 3.05) is 13.1 Å². The molecule has 5 nitrogen and oxygen atoms in total. The highest BCUT2D eigenvalue weighted by molar-refractivity contribution is 7.90. The van der Waals surface area contributed by atoms with Gasteiger partial charge in [-0.1, -0.05) is 23.7 Å². The number of nitrogens with one attached hydrogen (secondary N) is 1. The number of halogens is 1. The normalized spacial score (nSPS) is 15.0. The summed E-state index contributed by atoms with van der Waals surface area (Å²) >= 11 is 6.08. The number of benzene rings is 2. The molecule has 0 unspecified atom stereocenters. The monoisotopic (exact) mass is 423 g/mol. The Morgan fingerprint density at radius 2 is 1.97 bits per heavy atom. The number of hydrogen-bond acceptors (Lipinski definition) is 4. The Balaban J connectivity index is 1.87. The van der Waals surface area contributed by atoms with E-state index in [1.54, 1.807) is 30.6 Å². The number of fused-ring (bicyclic) bond motifs is 3. The maximum Gasteiger partial charge on any atom is 0.268 e. The van der Waals surface area contributed by atoms with Gasteiger partial charge in [0.1, 0.15) is 0 Å². The largest absolute Gasteiger partial charge is 0.313 e. The zero-order valence-corrected chi connectivity index (χ0v) is 17.0. The van der Waals surface area contributed by atoms with Gasteiger partial charge in [-0.3, -0.25) is 4.98 Å². The van der Waals surface area contributed by atoms with E-state index < -0.39 is 10.0 Å². The highest BCUT2D eigenvalue weighted by Crippen LogP contribution is 2.36. The highest BCUT2D eigenvalue weighted by Gasteiger charge is 2.24. The fourth-order valence-electron chi connectivity index (χ4n) is 3.90. The zero-order chi connectivity index (χ0) is 20.0. The van der Waals surface area contributed by atoms with Crippen molar-refractivity contribution in [1.82, 2.24) is 14.3 Å². The number of nitrogens with zero attached hydrogens (tertiary/aromatic N) is 2. The second-order valence-corrected chi connectivity index (χ2v) is 9.27. The summed E-state index contributed by atoms with van der Waals surface area (Å²) in [6, 6.07) is 14.0. The Morgan fingerprint density at radius 3 is 2.76 bits per heavy atom. The van der Waals surface area contributed by atoms with Crippen LogP contribution in [-0.2, 0) is 10.0 Å². The first-order valence-electron chi connectivity index (χ1n) is 9.36. The van der Waals surface area contributed by atoms with Crippen LogP contribution in [0.1, 0.15) is 12.0 Å². The van der Waals surface area contributed by atoms with E-state index >= 15 is 0 Å². The molecule has 7 heteroatoms. The third-order valence-electron chi connectivity index (χ3n) is 5.28. The molecule has 0 fully saturated rings. The average molecular weight is 424 g/mol. The zero-order valence-electron chi connectivity index (χ0n) is 15.5. The SMILES string of the molecule is O=S(=O)(c1cccc(Cl)c1)n1cc(C2=CCNCC2)c2ccc3ncccc3c21. The molecule has 1 aliphatic heterocycles. The first-order chi connectivity index (χ1) is 14.1. The minimum atomic E-state index is -3.84. The van der Waals surface area contributed by atoms with Gasteiger partial charge in [-0.05, 0) is 61.0 Å². The van der Waals surface area contributed by atoms with Gasteiger partial charge in [-0.25, -0.2) is 12.4 Å². The number of aromatic nitrogens is 2. The Bertz CT molecular complexity index is 1390. The molecule has 0 atom stereocenters. The average Bonchev–Trinajstić information content (AvgIpc) is 3.15. The van der Waals surface area contributed by atoms with Gasteiger partial charge in [0.2, 0.25) is 0 Å². The lowest BCUT2D eigenvalue weighted by molar-refractivity contribution is 0.589. The molecule has 29 heavy (non-hydrogen) atoms. The van der Waals surface area contributed by atoms with Gasteiger partial charge in [0, 0.05) is 40.3 Å². The van der Waals surface area contributed by atoms with Crippen LogP contribution < -0.4 is 5.32 Å². The van der Waals surface area contributed by atoms with Gasteiger partial charge in [0.25, 0.3) is 10.0 Å². The molecule has 0 aliphatic carbocycles. The van der Waals surface area contributed by atoms with Crippen molar-refractivity contribution in [3.63, 3.8) is 0 Å². The van der Waals surface area contributed by atoms with E-state index in [-0.39, 0.29) is 4.90 Å². The summed E-state index contributed by atoms with van der Waals surface area (Å²) in [6.07, 6.45) is 6.43. The van der Waals surface area contributed by atoms with E-state index in [1.807, 2.05) is 24.3 Å². The first kappa shape index (κ1) is 18.4. The van der Waals surface area contributed by atoms with Crippen LogP contribution in [0.15, 0.2) is 71.9 Å². The predicted molar refractivity (Wildman–Crippen MR) is 117 cm³/mol. The number of rotatable bonds is 3. The molecule has 5 rings (SSSR count). The van der Waals surface area contributed by atoms with Crippen LogP contribution in [0.2, 0.25) is 5.02 Å². The van der Waals surface area contributed by atoms with E-state index in [0.717, 1.165) is 46.9 Å². The van der Waals surface area contributed by atoms with Crippen LogP contribution in [0.4, 0.5) is 0 Å². The van der Waals surface area contributed by atoms with Crippen LogP contribution in [0.3, 0.4) is 0 Å². The van der Waals surface area contributed by atoms with Gasteiger partial charge in [-0.2, -0.15) is 0 Å². The summed E-state index contributed by atoms with van der Waals surface area (Å²) < 4.78 is 28.6. The molecule has 3 heterocycles. The molecule has 1 N–H and O–H groups in total. The third-order valence-corrected chi connectivity index (χ3v) is 7.17. The van der Waals surface area contributed by atoms with Crippen molar-refractivity contribution in [3.05, 3.63) is 77.6 Å². The second-order valence-electron chi connectivity index (χ2n) is 7.02. The Labute approximate surface area is 173 Å². The van der Waals surface area contributed by atoms with Crippen LogP contribution in [0.5, 0.6) is 0 Å². The van der Waals surface area contributed by atoms with Crippen molar-refractivity contribution in [3.8, 4) is 0 Å². The summed E-state index contributed by atoms with van der Waals surface area (Å²) in [5, 5.41) is 5.40. The van der Waals surface area contributed by atoms with Crippen molar-refractivity contribution in [2.24, 2.45) is 0 Å². The van der Waals surface area contributed by atoms with Crippen molar-refractivity contribution in [2.45, 2.75) is 11.3 Å². The van der Waals surface area contributed by atoms with E-state index in [9.17, 15) is 8.42 Å². The molecular weight excluding hydrogens is 406 g/mol. The minimum absolute atomic E-state index is 0.161. The Kier molecular flexibility index (Phi) is 4.42. The van der Waals surface area contributed by atoms with Gasteiger partial charge in [-0.15, -0.1) is 0 Å². The summed E-state index contributed by atoms with van der Waals surface area (Å²) in [5.41, 5.74) is 3.49. The molecule has 4 aromatic rings. The quantitative estimate of drug-likeness (QED) is 0.528. The van der Waals surface area contributed by atoms with Crippen molar-refractivity contribution < 1.29 is 8.42 Å². The van der Waals surface area contributed by atoms with Gasteiger partial charge in [0.05, 0.1) is 15.9 Å². The lowest BCUT2D eigenvalue weighted by Crippen LogP contribution is -2.20. The minimum Gasteiger partial charge on any atom is -0.313 e. The van der Waals surface area contributed by atoms with E-state index in [4.69, 9.17) is 11.6 Å². The number of hydrogen-bond donors (Lipinski definition) is 1. The third kappa shape index (κ3) is 3.04. The van der Waals surface area contributed by atoms with Gasteiger partial charge >= 0.3 is 0 Å². The summed E-state index contributed by atoms with van der Waals surface area (Å²) in [7, 11) is -3.84. The lowest BCUT2D eigenvalue weighted by Gasteiger charge is -2.13. The van der Waals surface area contributed by atoms with Crippen molar-refractivity contribution >= 4 is 49.0 Å². The smallest absolute Gasteiger partial charge is 0.268 e. The van der Waals surface area contributed by atoms with Crippen LogP contribution >= 0.6 is 11.6 Å². The fourth-order valence-corrected chi connectivity index (χ4v) is 5.59. The maximum absolute atomic E-state index is 13.6. The molecule has 0 spiro atoms. The summed E-state index contributed by atoms with van der Waals surface area (Å²) in [4.78, 5) is 4.57. The number of pyridine rings is 1. The fraction of sp³-hybridized carbons (Fsp3) is 0.136. The molecule has 2 aromatic heterocycles. The highest BCUT2D eigenvalue weighted by atomic mass is 35.5. The molecular formula is C22H18ClN3O2S. The lowest BCUT2D eigenvalue weighted by atomic mass is 9.99. The molecule has 0 saturated carbocycles. The topological polar surface area (TPSA) is 64.0 Å². The Hall–Kier alpha value is -2.67. The maximum atomic E-state index is 13.6. The molecule has 146 valence electrons. The Morgan fingerprint density at radius 1 is 1.07 bits per heavy atom. The molecule has 0 radical (unpaired) electrons. The molecule has 2 aromatic carbocycles. The molecule has 1 aliphatic rings. The van der Waals surface area contributed by atoms with Gasteiger partial charge < -0.3 is 5.32 Å². The summed E-state index contributed by atoms with van der Waals surface area (Å²) in [5.74, 6) is 0. The standard InChI is InChI=1S/C22H18ClN3O2S/c23-16-3-1-4-17(13-16)29(27,28)26-14-20(15-8-11-24-12-9-15)18-6-7-21-19(22(18)26)5-2-10-25-21/h1-8,10,13-14,24H,9,11-12H2. The van der Waals surface area contributed by atoms with Crippen LogP contribution in [0.25, 0.3) is 27.4 Å². The second kappa shape index (κ2) is 6.99. The van der Waals surface area contributed by atoms with E-state index in [2.05, 4.69) is 16.4 Å². The molecule has 0 bridgehead atoms. The summed E-state index contributed by atoms with van der Waals surface area (Å²) in [6.45, 7) is 1.65. The van der Waals surface area contributed by atoms with Crippen LogP contribution in [-0.4, -0.2) is 30.5 Å². The first-order valence-corrected chi connectivity index (χ1v) is 11.2. The van der Waals surface area contributed by atoms with Crippen molar-refractivity contribution in [1.29, 1.82) is 0 Å². The van der Waals surface area contributed by atoms with E-state index in [1.165, 1.54) is 10.0 Å². The molecule has 0 saturated heterocycles.